The summed E-state index contributed by atoms with van der Waals surface area (Å²) in [4.78, 5) is 19.2. The molecule has 2 aromatic heterocycles. The molecule has 1 saturated heterocycles. The third-order valence-electron chi connectivity index (χ3n) is 4.56. The van der Waals surface area contributed by atoms with Crippen LogP contribution in [0, 0.1) is 20.8 Å². The molecule has 1 fully saturated rings. The smallest absolute Gasteiger partial charge is 0.244 e. The van der Waals surface area contributed by atoms with Crippen LogP contribution in [0.3, 0.4) is 0 Å². The first kappa shape index (κ1) is 15.8. The molecule has 0 unspecified atom stereocenters. The Hall–Kier alpha value is -2.11. The number of hydrogen-bond donors (Lipinski definition) is 0. The molecule has 0 saturated carbocycles. The Morgan fingerprint density at radius 2 is 2.09 bits per heavy atom. The van der Waals surface area contributed by atoms with Crippen molar-refractivity contribution in [3.05, 3.63) is 35.2 Å². The van der Waals surface area contributed by atoms with Crippen molar-refractivity contribution in [2.24, 2.45) is 7.05 Å². The van der Waals surface area contributed by atoms with E-state index in [-0.39, 0.29) is 5.91 Å². The number of carbonyl (C=O) groups is 1. The third-order valence-corrected chi connectivity index (χ3v) is 4.56. The van der Waals surface area contributed by atoms with Crippen LogP contribution < -0.4 is 0 Å². The summed E-state index contributed by atoms with van der Waals surface area (Å²) in [7, 11) is 2.03. The number of rotatable bonds is 3. The van der Waals surface area contributed by atoms with Gasteiger partial charge in [0.05, 0.1) is 11.4 Å². The average Bonchev–Trinajstić information content (AvgIpc) is 3.00. The van der Waals surface area contributed by atoms with Crippen molar-refractivity contribution in [2.45, 2.75) is 46.1 Å². The van der Waals surface area contributed by atoms with E-state index in [4.69, 9.17) is 0 Å². The first-order chi connectivity index (χ1) is 10.9. The predicted molar refractivity (Wildman–Crippen MR) is 88.2 cm³/mol. The molecule has 3 heterocycles. The first-order valence-corrected chi connectivity index (χ1v) is 8.22. The summed E-state index contributed by atoms with van der Waals surface area (Å²) in [5.74, 6) is 1.56. The van der Waals surface area contributed by atoms with Crippen LogP contribution in [0.25, 0.3) is 0 Å². The molecule has 2 aromatic rings. The largest absolute Gasteiger partial charge is 0.340 e. The molecule has 6 nitrogen and oxygen atoms in total. The molecule has 23 heavy (non-hydrogen) atoms. The molecule has 1 amide bonds. The molecule has 3 rings (SSSR count). The van der Waals surface area contributed by atoms with Crippen molar-refractivity contribution in [1.29, 1.82) is 0 Å². The molecule has 0 bridgehead atoms. The zero-order valence-corrected chi connectivity index (χ0v) is 14.4. The first-order valence-electron chi connectivity index (χ1n) is 8.22. The molecule has 0 aromatic carbocycles. The topological polar surface area (TPSA) is 56.0 Å². The quantitative estimate of drug-likeness (QED) is 0.870. The molecule has 0 N–H and O–H groups in total. The van der Waals surface area contributed by atoms with Crippen molar-refractivity contribution in [3.8, 4) is 0 Å². The van der Waals surface area contributed by atoms with Crippen LogP contribution >= 0.6 is 0 Å². The Morgan fingerprint density at radius 3 is 2.70 bits per heavy atom. The minimum Gasteiger partial charge on any atom is -0.340 e. The summed E-state index contributed by atoms with van der Waals surface area (Å²) in [6, 6.07) is 2.00. The van der Waals surface area contributed by atoms with Gasteiger partial charge in [0.1, 0.15) is 12.4 Å². The van der Waals surface area contributed by atoms with E-state index >= 15 is 0 Å². The zero-order valence-electron chi connectivity index (χ0n) is 14.4. The van der Waals surface area contributed by atoms with Gasteiger partial charge in [0.2, 0.25) is 5.91 Å². The van der Waals surface area contributed by atoms with Crippen LogP contribution in [0.15, 0.2) is 12.3 Å². The van der Waals surface area contributed by atoms with Crippen molar-refractivity contribution in [3.63, 3.8) is 0 Å². The molecular weight excluding hydrogens is 290 g/mol. The SMILES string of the molecule is Cc1cn(C)c([C@H]2CCCN(C(=O)Cn3nc(C)cc3C)C2)n1. The van der Waals surface area contributed by atoms with Crippen molar-refractivity contribution in [1.82, 2.24) is 24.2 Å². The Bertz CT molecular complexity index is 715. The highest BCUT2D eigenvalue weighted by atomic mass is 16.2. The van der Waals surface area contributed by atoms with E-state index in [1.165, 1.54) is 0 Å². The molecule has 1 aliphatic rings. The standard InChI is InChI=1S/C17H25N5O/c1-12-8-14(3)22(19-12)11-16(23)21-7-5-6-15(10-21)17-18-13(2)9-20(17)4/h8-9,15H,5-7,10-11H2,1-4H3/t15-/m0/s1. The normalized spacial score (nSPS) is 18.4. The van der Waals surface area contributed by atoms with Crippen LogP contribution in [0.1, 0.15) is 41.7 Å². The molecule has 0 spiro atoms. The number of imidazole rings is 1. The number of carbonyl (C=O) groups excluding carboxylic acids is 1. The van der Waals surface area contributed by atoms with Crippen LogP contribution in [0.5, 0.6) is 0 Å². The van der Waals surface area contributed by atoms with Crippen LogP contribution in [0.4, 0.5) is 0 Å². The number of aromatic nitrogens is 4. The Kier molecular flexibility index (Phi) is 4.24. The zero-order chi connectivity index (χ0) is 16.6. The fourth-order valence-corrected chi connectivity index (χ4v) is 3.49. The van der Waals surface area contributed by atoms with Crippen LogP contribution in [0.2, 0.25) is 0 Å². The molecule has 1 aliphatic heterocycles. The van der Waals surface area contributed by atoms with Gasteiger partial charge in [-0.15, -0.1) is 0 Å². The Morgan fingerprint density at radius 1 is 1.30 bits per heavy atom. The maximum absolute atomic E-state index is 12.6. The highest BCUT2D eigenvalue weighted by Crippen LogP contribution is 2.26. The number of amides is 1. The number of aryl methyl sites for hydroxylation is 4. The van der Waals surface area contributed by atoms with Crippen LogP contribution in [-0.4, -0.2) is 43.2 Å². The predicted octanol–water partition coefficient (Wildman–Crippen LogP) is 1.95. The van der Waals surface area contributed by atoms with Gasteiger partial charge in [-0.2, -0.15) is 5.10 Å². The minimum absolute atomic E-state index is 0.145. The number of nitrogens with zero attached hydrogens (tertiary/aromatic N) is 5. The summed E-state index contributed by atoms with van der Waals surface area (Å²) in [6.07, 6.45) is 4.17. The molecular formula is C17H25N5O. The number of piperidine rings is 1. The second-order valence-corrected chi connectivity index (χ2v) is 6.62. The van der Waals surface area contributed by atoms with E-state index in [9.17, 15) is 4.79 Å². The van der Waals surface area contributed by atoms with Crippen LogP contribution in [-0.2, 0) is 18.4 Å². The summed E-state index contributed by atoms with van der Waals surface area (Å²) >= 11 is 0. The fraction of sp³-hybridized carbons (Fsp3) is 0.588. The molecule has 0 radical (unpaired) electrons. The highest BCUT2D eigenvalue weighted by Gasteiger charge is 2.27. The molecule has 124 valence electrons. The van der Waals surface area contributed by atoms with Crippen molar-refractivity contribution in [2.75, 3.05) is 13.1 Å². The monoisotopic (exact) mass is 315 g/mol. The number of hydrogen-bond acceptors (Lipinski definition) is 3. The fourth-order valence-electron chi connectivity index (χ4n) is 3.49. The van der Waals surface area contributed by atoms with Gasteiger partial charge in [-0.25, -0.2) is 4.98 Å². The van der Waals surface area contributed by atoms with Gasteiger partial charge >= 0.3 is 0 Å². The van der Waals surface area contributed by atoms with Gasteiger partial charge in [0, 0.05) is 37.9 Å². The van der Waals surface area contributed by atoms with E-state index in [2.05, 4.69) is 14.6 Å². The van der Waals surface area contributed by atoms with Crippen molar-refractivity contribution < 1.29 is 4.79 Å². The lowest BCUT2D eigenvalue weighted by Crippen LogP contribution is -2.41. The number of likely N-dealkylation sites (tertiary alicyclic amines) is 1. The Balaban J connectivity index is 1.69. The maximum Gasteiger partial charge on any atom is 0.244 e. The van der Waals surface area contributed by atoms with Gasteiger partial charge < -0.3 is 9.47 Å². The van der Waals surface area contributed by atoms with E-state index in [0.717, 1.165) is 48.8 Å². The van der Waals surface area contributed by atoms with E-state index < -0.39 is 0 Å². The molecule has 6 heteroatoms. The van der Waals surface area contributed by atoms with Crippen molar-refractivity contribution >= 4 is 5.91 Å². The van der Waals surface area contributed by atoms with Gasteiger partial charge in [0.25, 0.3) is 0 Å². The van der Waals surface area contributed by atoms with Gasteiger partial charge in [-0.05, 0) is 39.7 Å². The average molecular weight is 315 g/mol. The third kappa shape index (κ3) is 3.30. The second kappa shape index (κ2) is 6.18. The summed E-state index contributed by atoms with van der Waals surface area (Å²) in [6.45, 7) is 7.86. The van der Waals surface area contributed by atoms with Gasteiger partial charge in [-0.1, -0.05) is 0 Å². The van der Waals surface area contributed by atoms with E-state index in [1.54, 1.807) is 4.68 Å². The summed E-state index contributed by atoms with van der Waals surface area (Å²) in [5.41, 5.74) is 3.02. The van der Waals surface area contributed by atoms with E-state index in [0.29, 0.717) is 12.5 Å². The van der Waals surface area contributed by atoms with E-state index in [1.807, 2.05) is 45.0 Å². The minimum atomic E-state index is 0.145. The summed E-state index contributed by atoms with van der Waals surface area (Å²) in [5, 5.41) is 4.39. The van der Waals surface area contributed by atoms with Gasteiger partial charge in [-0.3, -0.25) is 9.48 Å². The highest BCUT2D eigenvalue weighted by molar-refractivity contribution is 5.76. The Labute approximate surface area is 137 Å². The molecule has 1 atom stereocenters. The molecule has 0 aliphatic carbocycles. The van der Waals surface area contributed by atoms with Gasteiger partial charge in [0.15, 0.2) is 0 Å². The lowest BCUT2D eigenvalue weighted by molar-refractivity contribution is -0.133. The second-order valence-electron chi connectivity index (χ2n) is 6.62. The summed E-state index contributed by atoms with van der Waals surface area (Å²) < 4.78 is 3.89. The maximum atomic E-state index is 12.6. The lowest BCUT2D eigenvalue weighted by atomic mass is 9.97. The lowest BCUT2D eigenvalue weighted by Gasteiger charge is -2.32.